The number of rotatable bonds is 42. The Morgan fingerprint density at radius 2 is 1.31 bits per heavy atom. The molecule has 3 aromatic carbocycles. The molecule has 1 saturated heterocycles. The highest BCUT2D eigenvalue weighted by molar-refractivity contribution is 7.89. The van der Waals surface area contributed by atoms with Crippen molar-refractivity contribution in [1.82, 2.24) is 76.1 Å². The number of carboxylic acid groups (broad SMARTS) is 2. The molecule has 6 rings (SSSR count). The van der Waals surface area contributed by atoms with Gasteiger partial charge in [-0.3, -0.25) is 63.1 Å². The number of aryl methyl sites for hydroxylation is 5. The summed E-state index contributed by atoms with van der Waals surface area (Å²) in [4.78, 5) is 161. The zero-order valence-corrected chi connectivity index (χ0v) is 64.1. The summed E-state index contributed by atoms with van der Waals surface area (Å²) in [5.41, 5.74) is 3.58. The van der Waals surface area contributed by atoms with Gasteiger partial charge in [0.2, 0.25) is 45.0 Å². The van der Waals surface area contributed by atoms with Crippen molar-refractivity contribution in [2.75, 3.05) is 124 Å². The predicted molar refractivity (Wildman–Crippen MR) is 403 cm³/mol. The van der Waals surface area contributed by atoms with Crippen molar-refractivity contribution in [3.63, 3.8) is 0 Å². The SMILES string of the molecule is CCC(NC(=O)CC[C@H](NC(=O)CN1CCN(CC)CCN(C)CCN(CC(=O)O)CC1)[N+](=O)C(CC)C(=O)NCCCC(=O)NCOCc1cc(C)c(S(=O)(=O)NC(CNC(=O)c2cn(C)c3cc(CNc4ncc[nH]4)ccc3c2=O)C(=O)O)c(C)c1)C(=O)NCCNC(=O)CCCOc1cc(C)cc(C)c1. The third-order valence-corrected chi connectivity index (χ3v) is 19.9. The van der Waals surface area contributed by atoms with Crippen molar-refractivity contribution in [1.29, 1.82) is 0 Å². The van der Waals surface area contributed by atoms with Gasteiger partial charge in [-0.2, -0.15) is 4.72 Å². The Balaban J connectivity index is 0.987. The molecule has 35 heteroatoms. The van der Waals surface area contributed by atoms with E-state index in [1.165, 1.54) is 32.2 Å². The van der Waals surface area contributed by atoms with Crippen molar-refractivity contribution in [3.05, 3.63) is 121 Å². The molecule has 108 heavy (non-hydrogen) atoms. The van der Waals surface area contributed by atoms with Crippen LogP contribution in [-0.4, -0.2) is 254 Å². The van der Waals surface area contributed by atoms with Crippen LogP contribution in [0.15, 0.2) is 76.8 Å². The molecule has 592 valence electrons. The number of aromatic nitrogens is 3. The van der Waals surface area contributed by atoms with Gasteiger partial charge in [0.25, 0.3) is 24.0 Å². The van der Waals surface area contributed by atoms with Crippen LogP contribution in [0.25, 0.3) is 10.9 Å². The van der Waals surface area contributed by atoms with Crippen LogP contribution in [0, 0.1) is 32.6 Å². The Bertz CT molecular complexity index is 4040. The van der Waals surface area contributed by atoms with E-state index >= 15 is 0 Å². The number of sulfonamides is 1. The number of fused-ring (bicyclic) bond motifs is 1. The maximum absolute atomic E-state index is 14.5. The van der Waals surface area contributed by atoms with Crippen LogP contribution in [0.5, 0.6) is 5.75 Å². The van der Waals surface area contributed by atoms with Crippen molar-refractivity contribution < 1.29 is 76.0 Å². The van der Waals surface area contributed by atoms with E-state index in [0.29, 0.717) is 80.6 Å². The molecule has 1 fully saturated rings. The molecule has 4 atom stereocenters. The molecular formula is C73H108N17O17S+. The molecule has 12 N–H and O–H groups in total. The number of H-pyrrole nitrogens is 1. The molecule has 34 nitrogen and oxygen atoms in total. The number of carbonyl (C=O) groups is 9. The van der Waals surface area contributed by atoms with E-state index in [0.717, 1.165) is 42.1 Å². The van der Waals surface area contributed by atoms with Crippen LogP contribution in [0.2, 0.25) is 0 Å². The molecule has 1 aliphatic rings. The second-order valence-electron chi connectivity index (χ2n) is 26.9. The van der Waals surface area contributed by atoms with E-state index in [1.807, 2.05) is 50.9 Å². The first-order valence-electron chi connectivity index (χ1n) is 36.5. The van der Waals surface area contributed by atoms with Gasteiger partial charge < -0.3 is 76.3 Å². The summed E-state index contributed by atoms with van der Waals surface area (Å²) in [7, 11) is -0.913. The summed E-state index contributed by atoms with van der Waals surface area (Å²) in [6, 6.07) is 9.78. The molecular weight excluding hydrogens is 1420 g/mol. The van der Waals surface area contributed by atoms with Gasteiger partial charge in [-0.15, -0.1) is 0 Å². The summed E-state index contributed by atoms with van der Waals surface area (Å²) >= 11 is 0. The highest BCUT2D eigenvalue weighted by Gasteiger charge is 2.40. The fraction of sp³-hybridized carbons (Fsp3) is 0.548. The number of hydrogen-bond donors (Lipinski definition) is 12. The first kappa shape index (κ1) is 87.1. The van der Waals surface area contributed by atoms with Gasteiger partial charge in [-0.1, -0.05) is 45.0 Å². The predicted octanol–water partition coefficient (Wildman–Crippen LogP) is 1.48. The van der Waals surface area contributed by atoms with Gasteiger partial charge in [0, 0.05) is 158 Å². The molecule has 7 amide bonds. The third-order valence-electron chi connectivity index (χ3n) is 18.2. The molecule has 2 aromatic heterocycles. The lowest BCUT2D eigenvalue weighted by Gasteiger charge is -2.32. The molecule has 3 heterocycles. The summed E-state index contributed by atoms with van der Waals surface area (Å²) in [6.07, 6.45) is 3.40. The number of pyridine rings is 1. The summed E-state index contributed by atoms with van der Waals surface area (Å²) < 4.78 is 43.3. The zero-order chi connectivity index (χ0) is 79.0. The number of amides is 7. The number of anilines is 1. The van der Waals surface area contributed by atoms with Gasteiger partial charge in [0.15, 0.2) is 5.95 Å². The first-order chi connectivity index (χ1) is 51.5. The van der Waals surface area contributed by atoms with Crippen LogP contribution in [-0.2, 0) is 73.3 Å². The van der Waals surface area contributed by atoms with E-state index in [2.05, 4.69) is 67.0 Å². The number of hydrogen-bond acceptors (Lipinski definition) is 21. The van der Waals surface area contributed by atoms with E-state index < -0.39 is 93.7 Å². The molecule has 0 saturated carbocycles. The Kier molecular flexibility index (Phi) is 35.4. The van der Waals surface area contributed by atoms with Gasteiger partial charge in [0.1, 0.15) is 30.1 Å². The van der Waals surface area contributed by atoms with Gasteiger partial charge in [0.05, 0.1) is 36.7 Å². The normalized spacial score (nSPS) is 14.7. The minimum Gasteiger partial charge on any atom is -0.494 e. The van der Waals surface area contributed by atoms with Crippen LogP contribution in [0.4, 0.5) is 5.95 Å². The van der Waals surface area contributed by atoms with Gasteiger partial charge >= 0.3 is 11.9 Å². The standard InChI is InChI=1S/C73H107N17O17S/c1-10-57(70(99)76-23-22-74-62(91)16-14-34-107-54-36-48(4)35-49(5)37-54)82-64(93)20-19-61(83-65(94)44-88-31-30-87(12-3)28-26-85(8)27-29-89(33-32-88)45-66(95)96)90(103)59(11-2)71(100)75-21-13-15-63(92)81-47-106-46-53-38-50(6)68(51(7)39-53)108(104,105)84-58(72(101)102)42-79-69(98)56-43-86(9)60-40-52(17-18-55(60)67(56)97)41-80-73-77-24-25-78-73/h17-18,24-25,35-40,43,57-59,61,84H,10-16,19-23,26-34,41-42,44-47H2,1-9H3,(H10-,74,75,76,77,78,79,80,81,82,83,91,92,93,94,95,96,98,99,100,101,102)/p+1/t57?,58?,59?,61-/m1/s1. The maximum Gasteiger partial charge on any atom is 0.323 e. The number of aromatic amines is 1. The van der Waals surface area contributed by atoms with E-state index in [1.54, 1.807) is 61.0 Å². The number of aliphatic carboxylic acids is 2. The number of imidazole rings is 1. The first-order valence-corrected chi connectivity index (χ1v) is 37.9. The van der Waals surface area contributed by atoms with Crippen LogP contribution in [0.3, 0.4) is 0 Å². The van der Waals surface area contributed by atoms with Crippen molar-refractivity contribution in [3.8, 4) is 5.75 Å². The van der Waals surface area contributed by atoms with E-state index in [-0.39, 0.29) is 124 Å². The Labute approximate surface area is 629 Å². The zero-order valence-electron chi connectivity index (χ0n) is 63.3. The Morgan fingerprint density at radius 3 is 1.96 bits per heavy atom. The number of ether oxygens (including phenoxy) is 2. The summed E-state index contributed by atoms with van der Waals surface area (Å²) in [6.45, 7) is 16.7. The van der Waals surface area contributed by atoms with Gasteiger partial charge in [-0.05, 0) is 118 Å². The smallest absolute Gasteiger partial charge is 0.323 e. The number of nitrogens with zero attached hydrogens (tertiary/aromatic N) is 7. The van der Waals surface area contributed by atoms with Gasteiger partial charge in [-0.25, -0.2) is 13.4 Å². The number of nitroso groups, excluding NO2 is 1. The second-order valence-corrected chi connectivity index (χ2v) is 28.6. The van der Waals surface area contributed by atoms with E-state index in [9.17, 15) is 71.5 Å². The highest BCUT2D eigenvalue weighted by Crippen LogP contribution is 2.24. The molecule has 1 aliphatic heterocycles. The second kappa shape index (κ2) is 43.9. The minimum absolute atomic E-state index is 0.0326. The molecule has 0 bridgehead atoms. The number of carboxylic acids is 2. The lowest BCUT2D eigenvalue weighted by molar-refractivity contribution is -0.613. The third kappa shape index (κ3) is 28.7. The quantitative estimate of drug-likeness (QED) is 0.0150. The van der Waals surface area contributed by atoms with Crippen LogP contribution < -0.4 is 57.4 Å². The van der Waals surface area contributed by atoms with Crippen molar-refractivity contribution in [2.45, 2.75) is 142 Å². The number of carbonyl (C=O) groups excluding carboxylic acids is 7. The fourth-order valence-electron chi connectivity index (χ4n) is 12.4. The molecule has 5 aromatic rings. The average Bonchev–Trinajstić information content (AvgIpc) is 0.829. The molecule has 3 unspecified atom stereocenters. The van der Waals surface area contributed by atoms with Crippen molar-refractivity contribution >= 4 is 80.2 Å². The fourth-order valence-corrected chi connectivity index (χ4v) is 14.0. The molecule has 0 aliphatic carbocycles. The lowest BCUT2D eigenvalue weighted by Crippen LogP contribution is -2.54. The monoisotopic (exact) mass is 1530 g/mol. The molecule has 0 radical (unpaired) electrons. The number of nitrogens with one attached hydrogen (secondary N) is 10. The largest absolute Gasteiger partial charge is 0.494 e. The van der Waals surface area contributed by atoms with Crippen molar-refractivity contribution in [2.24, 2.45) is 7.05 Å². The lowest BCUT2D eigenvalue weighted by atomic mass is 10.1. The Hall–Kier alpha value is -9.78. The number of likely N-dealkylation sites (N-methyl/N-ethyl adjacent to an activating group) is 2. The Morgan fingerprint density at radius 1 is 0.676 bits per heavy atom. The van der Waals surface area contributed by atoms with Crippen LogP contribution in [0.1, 0.15) is 116 Å². The summed E-state index contributed by atoms with van der Waals surface area (Å²) in [5.74, 6) is -5.31. The topological polar surface area (TPSA) is 439 Å². The number of benzene rings is 3. The molecule has 0 spiro atoms. The highest BCUT2D eigenvalue weighted by atomic mass is 32.2. The minimum atomic E-state index is -4.54. The average molecular weight is 1530 g/mol. The summed E-state index contributed by atoms with van der Waals surface area (Å²) in [5, 5.41) is 41.8. The van der Waals surface area contributed by atoms with E-state index in [4.69, 9.17) is 9.47 Å². The van der Waals surface area contributed by atoms with Crippen LogP contribution >= 0.6 is 0 Å². The maximum atomic E-state index is 14.5.